The molecule has 0 heterocycles. The van der Waals surface area contributed by atoms with Gasteiger partial charge in [0, 0.05) is 0 Å². The van der Waals surface area contributed by atoms with Gasteiger partial charge in [-0.2, -0.15) is 5.26 Å². The van der Waals surface area contributed by atoms with Crippen LogP contribution >= 0.6 is 0 Å². The third-order valence-electron chi connectivity index (χ3n) is 2.91. The van der Waals surface area contributed by atoms with Gasteiger partial charge >= 0.3 is 5.69 Å². The molecule has 0 saturated heterocycles. The SMILES string of the molecule is Cc1cc(-c2ccccc2)c([N+](=O)[O-])c(N)c1C#N. The molecule has 0 aliphatic heterocycles. The number of nitro groups is 1. The first-order valence-corrected chi connectivity index (χ1v) is 5.59. The Morgan fingerprint density at radius 3 is 2.47 bits per heavy atom. The smallest absolute Gasteiger partial charge is 0.301 e. The van der Waals surface area contributed by atoms with Crippen LogP contribution in [0, 0.1) is 28.4 Å². The molecule has 0 aromatic heterocycles. The summed E-state index contributed by atoms with van der Waals surface area (Å²) in [6.07, 6.45) is 0. The van der Waals surface area contributed by atoms with Gasteiger partial charge in [-0.05, 0) is 24.1 Å². The molecule has 94 valence electrons. The maximum absolute atomic E-state index is 11.2. The first-order chi connectivity index (χ1) is 9.06. The van der Waals surface area contributed by atoms with E-state index in [-0.39, 0.29) is 16.9 Å². The second-order valence-corrected chi connectivity index (χ2v) is 4.11. The molecule has 0 bridgehead atoms. The van der Waals surface area contributed by atoms with Crippen LogP contribution in [0.5, 0.6) is 0 Å². The maximum Gasteiger partial charge on any atom is 0.301 e. The number of nitrogen functional groups attached to an aromatic ring is 1. The van der Waals surface area contributed by atoms with Crippen molar-refractivity contribution >= 4 is 11.4 Å². The van der Waals surface area contributed by atoms with E-state index < -0.39 is 4.92 Å². The molecule has 0 saturated carbocycles. The molecule has 2 aromatic carbocycles. The number of benzene rings is 2. The van der Waals surface area contributed by atoms with E-state index >= 15 is 0 Å². The minimum absolute atomic E-state index is 0.0775. The van der Waals surface area contributed by atoms with Gasteiger partial charge in [-0.15, -0.1) is 0 Å². The fraction of sp³-hybridized carbons (Fsp3) is 0.0714. The lowest BCUT2D eigenvalue weighted by Gasteiger charge is -2.09. The number of nitrogens with zero attached hydrogens (tertiary/aromatic N) is 2. The predicted molar refractivity (Wildman–Crippen MR) is 72.4 cm³/mol. The average molecular weight is 253 g/mol. The monoisotopic (exact) mass is 253 g/mol. The summed E-state index contributed by atoms with van der Waals surface area (Å²) in [5, 5.41) is 20.2. The van der Waals surface area contributed by atoms with E-state index in [1.54, 1.807) is 37.3 Å². The number of hydrogen-bond acceptors (Lipinski definition) is 4. The molecule has 0 fully saturated rings. The Kier molecular flexibility index (Phi) is 3.17. The van der Waals surface area contributed by atoms with Crippen molar-refractivity contribution in [3.8, 4) is 17.2 Å². The van der Waals surface area contributed by atoms with Gasteiger partial charge in [0.05, 0.1) is 16.1 Å². The summed E-state index contributed by atoms with van der Waals surface area (Å²) in [5.41, 5.74) is 7.40. The Labute approximate surface area is 110 Å². The van der Waals surface area contributed by atoms with Gasteiger partial charge in [0.15, 0.2) is 0 Å². The zero-order valence-corrected chi connectivity index (χ0v) is 10.3. The Morgan fingerprint density at radius 1 is 1.32 bits per heavy atom. The molecule has 0 atom stereocenters. The topological polar surface area (TPSA) is 92.9 Å². The highest BCUT2D eigenvalue weighted by Gasteiger charge is 2.23. The summed E-state index contributed by atoms with van der Waals surface area (Å²) in [6.45, 7) is 1.71. The van der Waals surface area contributed by atoms with Gasteiger partial charge in [-0.25, -0.2) is 0 Å². The van der Waals surface area contributed by atoms with Crippen LogP contribution in [-0.2, 0) is 0 Å². The van der Waals surface area contributed by atoms with Crippen LogP contribution in [-0.4, -0.2) is 4.92 Å². The number of rotatable bonds is 2. The number of anilines is 1. The van der Waals surface area contributed by atoms with Gasteiger partial charge in [0.2, 0.25) is 0 Å². The lowest BCUT2D eigenvalue weighted by Crippen LogP contribution is -2.02. The minimum Gasteiger partial charge on any atom is -0.392 e. The average Bonchev–Trinajstić information content (AvgIpc) is 2.39. The second-order valence-electron chi connectivity index (χ2n) is 4.11. The van der Waals surface area contributed by atoms with Crippen molar-refractivity contribution in [2.45, 2.75) is 6.92 Å². The highest BCUT2D eigenvalue weighted by atomic mass is 16.6. The van der Waals surface area contributed by atoms with Crippen LogP contribution in [0.4, 0.5) is 11.4 Å². The summed E-state index contributed by atoms with van der Waals surface area (Å²) in [7, 11) is 0. The van der Waals surface area contributed by atoms with E-state index in [4.69, 9.17) is 11.0 Å². The van der Waals surface area contributed by atoms with Gasteiger partial charge in [0.1, 0.15) is 11.8 Å². The van der Waals surface area contributed by atoms with Gasteiger partial charge in [-0.3, -0.25) is 10.1 Å². The van der Waals surface area contributed by atoms with E-state index in [2.05, 4.69) is 0 Å². The standard InChI is InChI=1S/C14H11N3O2/c1-9-7-11(10-5-3-2-4-6-10)14(17(18)19)13(16)12(9)8-15/h2-7H,16H2,1H3. The van der Waals surface area contributed by atoms with Crippen LogP contribution in [0.3, 0.4) is 0 Å². The number of nitro benzene ring substituents is 1. The highest BCUT2D eigenvalue weighted by Crippen LogP contribution is 2.38. The van der Waals surface area contributed by atoms with Crippen LogP contribution in [0.2, 0.25) is 0 Å². The fourth-order valence-electron chi connectivity index (χ4n) is 2.02. The van der Waals surface area contributed by atoms with Crippen LogP contribution in [0.15, 0.2) is 36.4 Å². The van der Waals surface area contributed by atoms with E-state index in [0.717, 1.165) is 0 Å². The van der Waals surface area contributed by atoms with Crippen molar-refractivity contribution in [3.05, 3.63) is 57.6 Å². The molecule has 2 aromatic rings. The predicted octanol–water partition coefficient (Wildman–Crippen LogP) is 3.02. The summed E-state index contributed by atoms with van der Waals surface area (Å²) in [5.74, 6) is 0. The first kappa shape index (κ1) is 12.6. The summed E-state index contributed by atoms with van der Waals surface area (Å²) in [6, 6.07) is 12.5. The number of nitrogens with two attached hydrogens (primary N) is 1. The number of hydrogen-bond donors (Lipinski definition) is 1. The molecule has 0 radical (unpaired) electrons. The van der Waals surface area contributed by atoms with Crippen molar-refractivity contribution in [2.75, 3.05) is 5.73 Å². The van der Waals surface area contributed by atoms with E-state index in [0.29, 0.717) is 16.7 Å². The lowest BCUT2D eigenvalue weighted by atomic mass is 9.96. The Balaban J connectivity index is 2.83. The molecule has 0 unspecified atom stereocenters. The summed E-state index contributed by atoms with van der Waals surface area (Å²) < 4.78 is 0. The first-order valence-electron chi connectivity index (χ1n) is 5.59. The molecular weight excluding hydrogens is 242 g/mol. The van der Waals surface area contributed by atoms with Crippen molar-refractivity contribution in [1.29, 1.82) is 5.26 Å². The fourth-order valence-corrected chi connectivity index (χ4v) is 2.02. The summed E-state index contributed by atoms with van der Waals surface area (Å²) in [4.78, 5) is 10.7. The number of nitriles is 1. The lowest BCUT2D eigenvalue weighted by molar-refractivity contribution is -0.383. The highest BCUT2D eigenvalue weighted by molar-refractivity contribution is 5.85. The molecule has 19 heavy (non-hydrogen) atoms. The minimum atomic E-state index is -0.544. The molecule has 0 spiro atoms. The zero-order valence-electron chi connectivity index (χ0n) is 10.3. The van der Waals surface area contributed by atoms with Gasteiger partial charge in [0.25, 0.3) is 0 Å². The number of aryl methyl sites for hydroxylation is 1. The van der Waals surface area contributed by atoms with Crippen molar-refractivity contribution in [3.63, 3.8) is 0 Å². The molecule has 0 aliphatic carbocycles. The Bertz CT molecular complexity index is 688. The van der Waals surface area contributed by atoms with Crippen molar-refractivity contribution in [2.24, 2.45) is 0 Å². The van der Waals surface area contributed by atoms with Crippen molar-refractivity contribution in [1.82, 2.24) is 0 Å². The molecule has 2 N–H and O–H groups in total. The molecule has 2 rings (SSSR count). The Hall–Kier alpha value is -2.87. The van der Waals surface area contributed by atoms with Crippen LogP contribution in [0.25, 0.3) is 11.1 Å². The molecular formula is C14H11N3O2. The molecule has 0 aliphatic rings. The summed E-state index contributed by atoms with van der Waals surface area (Å²) >= 11 is 0. The van der Waals surface area contributed by atoms with E-state index in [9.17, 15) is 10.1 Å². The van der Waals surface area contributed by atoms with Crippen LogP contribution < -0.4 is 5.73 Å². The maximum atomic E-state index is 11.2. The quantitative estimate of drug-likeness (QED) is 0.505. The van der Waals surface area contributed by atoms with Crippen LogP contribution in [0.1, 0.15) is 11.1 Å². The second kappa shape index (κ2) is 4.78. The van der Waals surface area contributed by atoms with Gasteiger partial charge < -0.3 is 5.73 Å². The van der Waals surface area contributed by atoms with Crippen molar-refractivity contribution < 1.29 is 4.92 Å². The van der Waals surface area contributed by atoms with E-state index in [1.807, 2.05) is 12.1 Å². The third kappa shape index (κ3) is 2.11. The molecule has 0 amide bonds. The van der Waals surface area contributed by atoms with E-state index in [1.165, 1.54) is 0 Å². The normalized spacial score (nSPS) is 9.89. The third-order valence-corrected chi connectivity index (χ3v) is 2.91. The molecule has 5 nitrogen and oxygen atoms in total. The Morgan fingerprint density at radius 2 is 1.95 bits per heavy atom. The molecule has 5 heteroatoms. The largest absolute Gasteiger partial charge is 0.392 e. The zero-order chi connectivity index (χ0) is 14.0. The van der Waals surface area contributed by atoms with Gasteiger partial charge in [-0.1, -0.05) is 30.3 Å².